The Morgan fingerprint density at radius 1 is 1.09 bits per heavy atom. The van der Waals surface area contributed by atoms with Crippen LogP contribution in [0.3, 0.4) is 0 Å². The number of likely N-dealkylation sites (tertiary alicyclic amines) is 1. The van der Waals surface area contributed by atoms with Gasteiger partial charge < -0.3 is 15.3 Å². The molecule has 6 nitrogen and oxygen atoms in total. The molecule has 5 aliphatic rings. The fourth-order valence-electron chi connectivity index (χ4n) is 8.07. The number of aryl methyl sites for hydroxylation is 1. The number of piperidine rings is 1. The van der Waals surface area contributed by atoms with Crippen LogP contribution in [0.5, 0.6) is 5.75 Å². The van der Waals surface area contributed by atoms with Crippen LogP contribution >= 0.6 is 0 Å². The van der Waals surface area contributed by atoms with E-state index < -0.39 is 11.0 Å². The number of phenolic OH excluding ortho intramolecular Hbond substituents is 1. The molecule has 1 aromatic heterocycles. The summed E-state index contributed by atoms with van der Waals surface area (Å²) in [5.41, 5.74) is 4.79. The number of fused-ring (bicyclic) bond motifs is 2. The summed E-state index contributed by atoms with van der Waals surface area (Å²) in [4.78, 5) is 2.60. The summed E-state index contributed by atoms with van der Waals surface area (Å²) in [5.74, 6) is 1.09. The standard InChI is InChI=1S/C28H37N3O3/c1-17-23-14-28(34)26-12-19-4-7-22(33)13-24(19)27(28,10-11-30(26)16-18-2-3-18)15-25(23)31(29-17)20-5-8-21(32)9-6-20/h4,7,13,18,20-21,26,32-34H,2-3,5-6,8-12,14-16H2,1H3/t20?,21?,26-,27-,28-/m1/s1. The quantitative estimate of drug-likeness (QED) is 0.651. The largest absolute Gasteiger partial charge is 0.508 e. The van der Waals surface area contributed by atoms with E-state index in [1.165, 1.54) is 29.7 Å². The third-order valence-corrected chi connectivity index (χ3v) is 10.1. The highest BCUT2D eigenvalue weighted by atomic mass is 16.3. The summed E-state index contributed by atoms with van der Waals surface area (Å²) in [6.45, 7) is 4.22. The molecule has 3 fully saturated rings. The van der Waals surface area contributed by atoms with Gasteiger partial charge in [-0.3, -0.25) is 9.58 Å². The van der Waals surface area contributed by atoms with Crippen LogP contribution in [0, 0.1) is 12.8 Å². The Balaban J connectivity index is 1.36. The SMILES string of the molecule is Cc1nn(C2CCC(O)CC2)c2c1C[C@@]1(O)[C@H]3Cc4ccc(O)cc4[C@@]1(CCN3CC1CC1)C2. The van der Waals surface area contributed by atoms with Crippen molar-refractivity contribution in [2.75, 3.05) is 13.1 Å². The lowest BCUT2D eigenvalue weighted by atomic mass is 9.49. The number of nitrogens with zero attached hydrogens (tertiary/aromatic N) is 3. The van der Waals surface area contributed by atoms with Gasteiger partial charge in [0.1, 0.15) is 5.75 Å². The lowest BCUT2D eigenvalue weighted by Crippen LogP contribution is -2.74. The van der Waals surface area contributed by atoms with Crippen LogP contribution in [-0.2, 0) is 24.7 Å². The number of aliphatic hydroxyl groups is 2. The molecule has 0 unspecified atom stereocenters. The van der Waals surface area contributed by atoms with Gasteiger partial charge in [-0.25, -0.2) is 0 Å². The molecule has 1 aliphatic heterocycles. The highest BCUT2D eigenvalue weighted by Gasteiger charge is 2.65. The van der Waals surface area contributed by atoms with Crippen LogP contribution in [0.25, 0.3) is 0 Å². The molecule has 7 rings (SSSR count). The number of hydrogen-bond acceptors (Lipinski definition) is 5. The molecular formula is C28H37N3O3. The van der Waals surface area contributed by atoms with Crippen LogP contribution < -0.4 is 0 Å². The minimum Gasteiger partial charge on any atom is -0.508 e. The van der Waals surface area contributed by atoms with E-state index >= 15 is 0 Å². The van der Waals surface area contributed by atoms with Gasteiger partial charge >= 0.3 is 0 Å². The van der Waals surface area contributed by atoms with Crippen molar-refractivity contribution in [3.63, 3.8) is 0 Å². The predicted molar refractivity (Wildman–Crippen MR) is 129 cm³/mol. The summed E-state index contributed by atoms with van der Waals surface area (Å²) < 4.78 is 2.27. The van der Waals surface area contributed by atoms with Crippen LogP contribution in [0.1, 0.15) is 79.1 Å². The molecule has 6 heteroatoms. The van der Waals surface area contributed by atoms with Crippen LogP contribution in [0.4, 0.5) is 0 Å². The summed E-state index contributed by atoms with van der Waals surface area (Å²) in [5, 5.41) is 38.3. The Morgan fingerprint density at radius 2 is 1.88 bits per heavy atom. The number of aromatic hydroxyl groups is 1. The highest BCUT2D eigenvalue weighted by Crippen LogP contribution is 2.58. The van der Waals surface area contributed by atoms with E-state index in [1.807, 2.05) is 12.1 Å². The summed E-state index contributed by atoms with van der Waals surface area (Å²) in [7, 11) is 0. The lowest BCUT2D eigenvalue weighted by Gasteiger charge is -2.63. The third-order valence-electron chi connectivity index (χ3n) is 10.1. The van der Waals surface area contributed by atoms with Crippen molar-refractivity contribution in [2.24, 2.45) is 5.92 Å². The Morgan fingerprint density at radius 3 is 2.65 bits per heavy atom. The number of rotatable bonds is 3. The minimum absolute atomic E-state index is 0.111. The molecule has 3 N–H and O–H groups in total. The molecule has 1 aromatic carbocycles. The number of benzene rings is 1. The molecule has 0 amide bonds. The molecule has 4 aliphatic carbocycles. The lowest BCUT2D eigenvalue weighted by molar-refractivity contribution is -0.152. The Hall–Kier alpha value is -1.89. The van der Waals surface area contributed by atoms with E-state index in [-0.39, 0.29) is 12.1 Å². The van der Waals surface area contributed by atoms with Crippen molar-refractivity contribution in [2.45, 2.75) is 100 Å². The number of hydrogen-bond donors (Lipinski definition) is 3. The highest BCUT2D eigenvalue weighted by molar-refractivity contribution is 5.52. The maximum absolute atomic E-state index is 12.7. The zero-order valence-corrected chi connectivity index (χ0v) is 20.2. The van der Waals surface area contributed by atoms with Gasteiger partial charge in [-0.1, -0.05) is 6.07 Å². The zero-order chi connectivity index (χ0) is 23.2. The fraction of sp³-hybridized carbons (Fsp3) is 0.679. The maximum Gasteiger partial charge on any atom is 0.115 e. The van der Waals surface area contributed by atoms with Crippen molar-refractivity contribution in [3.05, 3.63) is 46.3 Å². The van der Waals surface area contributed by atoms with E-state index in [9.17, 15) is 15.3 Å². The number of phenols is 1. The second-order valence-corrected chi connectivity index (χ2v) is 12.0. The van der Waals surface area contributed by atoms with E-state index in [0.717, 1.165) is 75.2 Å². The Bertz CT molecular complexity index is 1130. The molecule has 2 aromatic rings. The van der Waals surface area contributed by atoms with Crippen molar-refractivity contribution < 1.29 is 15.3 Å². The van der Waals surface area contributed by atoms with Gasteiger partial charge in [0.2, 0.25) is 0 Å². The second kappa shape index (κ2) is 7.31. The van der Waals surface area contributed by atoms with Crippen LogP contribution in [0.2, 0.25) is 0 Å². The third kappa shape index (κ3) is 2.94. The maximum atomic E-state index is 12.7. The molecule has 2 bridgehead atoms. The first-order valence-electron chi connectivity index (χ1n) is 13.4. The molecule has 1 saturated heterocycles. The second-order valence-electron chi connectivity index (χ2n) is 12.0. The minimum atomic E-state index is -0.852. The van der Waals surface area contributed by atoms with Gasteiger partial charge in [-0.15, -0.1) is 0 Å². The van der Waals surface area contributed by atoms with E-state index in [2.05, 4.69) is 22.6 Å². The van der Waals surface area contributed by atoms with Gasteiger partial charge in [0, 0.05) is 36.5 Å². The van der Waals surface area contributed by atoms with Crippen molar-refractivity contribution in [1.82, 2.24) is 14.7 Å². The Kier molecular flexibility index (Phi) is 4.60. The molecule has 182 valence electrons. The smallest absolute Gasteiger partial charge is 0.115 e. The summed E-state index contributed by atoms with van der Waals surface area (Å²) in [6.07, 6.45) is 9.24. The molecule has 2 heterocycles. The van der Waals surface area contributed by atoms with Crippen molar-refractivity contribution >= 4 is 0 Å². The van der Waals surface area contributed by atoms with Crippen LogP contribution in [0.15, 0.2) is 18.2 Å². The van der Waals surface area contributed by atoms with Gasteiger partial charge in [0.15, 0.2) is 0 Å². The first-order valence-corrected chi connectivity index (χ1v) is 13.4. The molecule has 3 atom stereocenters. The first kappa shape index (κ1) is 21.4. The Labute approximate surface area is 201 Å². The van der Waals surface area contributed by atoms with Gasteiger partial charge in [0.05, 0.1) is 23.4 Å². The zero-order valence-electron chi connectivity index (χ0n) is 20.2. The average Bonchev–Trinajstić information content (AvgIpc) is 3.58. The van der Waals surface area contributed by atoms with Crippen LogP contribution in [-0.4, -0.2) is 60.8 Å². The van der Waals surface area contributed by atoms with Crippen molar-refractivity contribution in [1.29, 1.82) is 0 Å². The van der Waals surface area contributed by atoms with E-state index in [0.29, 0.717) is 18.2 Å². The summed E-state index contributed by atoms with van der Waals surface area (Å²) >= 11 is 0. The molecule has 2 saturated carbocycles. The van der Waals surface area contributed by atoms with Crippen molar-refractivity contribution in [3.8, 4) is 5.75 Å². The van der Waals surface area contributed by atoms with E-state index in [4.69, 9.17) is 5.10 Å². The predicted octanol–water partition coefficient (Wildman–Crippen LogP) is 3.18. The first-order chi connectivity index (χ1) is 16.4. The molecular weight excluding hydrogens is 426 g/mol. The topological polar surface area (TPSA) is 81.8 Å². The van der Waals surface area contributed by atoms with E-state index in [1.54, 1.807) is 0 Å². The fourth-order valence-corrected chi connectivity index (χ4v) is 8.07. The monoisotopic (exact) mass is 463 g/mol. The average molecular weight is 464 g/mol. The van der Waals surface area contributed by atoms with Gasteiger partial charge in [0.25, 0.3) is 0 Å². The molecule has 34 heavy (non-hydrogen) atoms. The molecule has 0 radical (unpaired) electrons. The van der Waals surface area contributed by atoms with Gasteiger partial charge in [-0.05, 0) is 99.6 Å². The number of aliphatic hydroxyl groups excluding tert-OH is 1. The molecule has 0 spiro atoms. The van der Waals surface area contributed by atoms with Gasteiger partial charge in [-0.2, -0.15) is 5.10 Å². The normalized spacial score (nSPS) is 37.1. The number of aromatic nitrogens is 2. The summed E-state index contributed by atoms with van der Waals surface area (Å²) in [6, 6.07) is 6.30.